The molecule has 0 aliphatic carbocycles. The molecule has 77 heavy (non-hydrogen) atoms. The van der Waals surface area contributed by atoms with Crippen LogP contribution in [0.15, 0.2) is 184 Å². The van der Waals surface area contributed by atoms with Gasteiger partial charge in [0.1, 0.15) is 23.0 Å². The third kappa shape index (κ3) is 8.12. The number of nitrogens with one attached hydrogen (secondary N) is 1. The molecule has 1 heterocycles. The number of hydrogen-bond donors (Lipinski definition) is 1. The molecule has 0 radical (unpaired) electrons. The summed E-state index contributed by atoms with van der Waals surface area (Å²) in [5, 5.41) is 19.9. The summed E-state index contributed by atoms with van der Waals surface area (Å²) in [5.74, 6) is 3.29. The molecule has 13 rings (SSSR count). The quantitative estimate of drug-likeness (QED) is 0.0900. The molecular weight excluding hydrogens is 978 g/mol. The number of ether oxygens (including phenoxy) is 4. The third-order valence-electron chi connectivity index (χ3n) is 15.5. The van der Waals surface area contributed by atoms with Gasteiger partial charge in [0.15, 0.2) is 16.9 Å². The first-order valence-corrected chi connectivity index (χ1v) is 27.1. The number of fused-ring (bicyclic) bond motifs is 19. The molecule has 13 aromatic rings. The number of carbonyl (C=O) groups excluding carboxylic acids is 1. The lowest BCUT2D eigenvalue weighted by Crippen LogP contribution is -2.11. The summed E-state index contributed by atoms with van der Waals surface area (Å²) in [6.45, 7) is 2.24. The van der Waals surface area contributed by atoms with Crippen LogP contribution in [-0.4, -0.2) is 34.3 Å². The lowest BCUT2D eigenvalue weighted by atomic mass is 9.90. The Morgan fingerprint density at radius 1 is 0.442 bits per heavy atom. The molecule has 1 N–H and O–H groups in total. The van der Waals surface area contributed by atoms with E-state index in [1.807, 2.05) is 54.6 Å². The van der Waals surface area contributed by atoms with Gasteiger partial charge in [-0.3, -0.25) is 4.79 Å². The zero-order valence-corrected chi connectivity index (χ0v) is 44.3. The van der Waals surface area contributed by atoms with Gasteiger partial charge < -0.3 is 37.2 Å². The van der Waals surface area contributed by atoms with E-state index in [0.29, 0.717) is 68.7 Å². The van der Waals surface area contributed by atoms with Crippen LogP contribution in [0, 0.1) is 0 Å². The number of unbranched alkanes of at least 4 members (excludes halogenated alkanes) is 1. The average Bonchev–Trinajstić information content (AvgIpc) is 3.77. The molecular formula is C67H54NO8P. The van der Waals surface area contributed by atoms with Crippen molar-refractivity contribution in [3.8, 4) is 28.7 Å². The Hall–Kier alpha value is -8.91. The molecule has 12 aromatic carbocycles. The fourth-order valence-electron chi connectivity index (χ4n) is 11.7. The number of benzene rings is 12. The molecule has 0 unspecified atom stereocenters. The van der Waals surface area contributed by atoms with Crippen LogP contribution in [0.3, 0.4) is 0 Å². The molecule has 0 aliphatic heterocycles. The molecule has 1 atom stereocenters. The zero-order chi connectivity index (χ0) is 52.3. The number of methoxy groups -OCH3 is 4. The van der Waals surface area contributed by atoms with Crippen LogP contribution in [0.1, 0.15) is 44.1 Å². The van der Waals surface area contributed by atoms with Crippen molar-refractivity contribution < 1.29 is 36.7 Å². The van der Waals surface area contributed by atoms with Gasteiger partial charge in [-0.1, -0.05) is 141 Å². The zero-order valence-electron chi connectivity index (χ0n) is 43.4. The van der Waals surface area contributed by atoms with Crippen molar-refractivity contribution in [1.82, 2.24) is 0 Å². The van der Waals surface area contributed by atoms with Gasteiger partial charge in [0, 0.05) is 60.3 Å². The van der Waals surface area contributed by atoms with Crippen molar-refractivity contribution in [2.75, 3.05) is 33.8 Å². The molecule has 9 nitrogen and oxygen atoms in total. The predicted molar refractivity (Wildman–Crippen MR) is 317 cm³/mol. The molecule has 0 fully saturated rings. The van der Waals surface area contributed by atoms with E-state index in [1.165, 1.54) is 5.56 Å². The van der Waals surface area contributed by atoms with Crippen LogP contribution in [0.5, 0.6) is 28.7 Å². The Balaban J connectivity index is 1.12. The van der Waals surface area contributed by atoms with E-state index in [1.54, 1.807) is 28.4 Å². The fourth-order valence-corrected chi connectivity index (χ4v) is 12.8. The minimum absolute atomic E-state index is 0.102. The van der Waals surface area contributed by atoms with E-state index in [-0.39, 0.29) is 5.91 Å². The molecule has 380 valence electrons. The Kier molecular flexibility index (Phi) is 12.2. The summed E-state index contributed by atoms with van der Waals surface area (Å²) in [7, 11) is 4.39. The van der Waals surface area contributed by atoms with Crippen LogP contribution in [0.4, 0.5) is 5.69 Å². The fraction of sp³-hybridized carbons (Fsp3) is 0.149. The van der Waals surface area contributed by atoms with Gasteiger partial charge in [-0.25, -0.2) is 0 Å². The summed E-state index contributed by atoms with van der Waals surface area (Å²) in [6, 6.07) is 60.1. The van der Waals surface area contributed by atoms with Gasteiger partial charge in [0.05, 0.1) is 34.1 Å². The highest BCUT2D eigenvalue weighted by Gasteiger charge is 2.26. The van der Waals surface area contributed by atoms with E-state index in [0.717, 1.165) is 105 Å². The second-order valence-electron chi connectivity index (χ2n) is 19.8. The second kappa shape index (κ2) is 19.7. The van der Waals surface area contributed by atoms with Gasteiger partial charge >= 0.3 is 8.24 Å². The van der Waals surface area contributed by atoms with Gasteiger partial charge in [0.2, 0.25) is 5.91 Å². The number of anilines is 1. The number of rotatable bonds is 13. The first-order valence-electron chi connectivity index (χ1n) is 26.0. The molecule has 0 saturated carbocycles. The van der Waals surface area contributed by atoms with E-state index in [9.17, 15) is 4.79 Å². The van der Waals surface area contributed by atoms with Crippen LogP contribution in [0.2, 0.25) is 0 Å². The Morgan fingerprint density at radius 2 is 0.896 bits per heavy atom. The topological polar surface area (TPSA) is 102 Å². The summed E-state index contributed by atoms with van der Waals surface area (Å²) in [5.41, 5.74) is 2.87. The molecule has 0 spiro atoms. The first kappa shape index (κ1) is 47.8. The summed E-state index contributed by atoms with van der Waals surface area (Å²) in [4.78, 5) is 13.9. The minimum atomic E-state index is -2.39. The van der Waals surface area contributed by atoms with Crippen molar-refractivity contribution in [3.63, 3.8) is 0 Å². The predicted octanol–water partition coefficient (Wildman–Crippen LogP) is 18.7. The largest absolute Gasteiger partial charge is 0.496 e. The number of hydrogen-bond acceptors (Lipinski definition) is 8. The maximum Gasteiger partial charge on any atom is 0.453 e. The molecule has 10 heteroatoms. The lowest BCUT2D eigenvalue weighted by Gasteiger charge is -2.17. The van der Waals surface area contributed by atoms with Crippen molar-refractivity contribution in [1.29, 1.82) is 0 Å². The van der Waals surface area contributed by atoms with Crippen molar-refractivity contribution >= 4 is 128 Å². The highest BCUT2D eigenvalue weighted by atomic mass is 31.1. The normalized spacial score (nSPS) is 12.2. The second-order valence-corrected chi connectivity index (χ2v) is 20.8. The molecule has 1 aromatic heterocycles. The standard InChI is InChI=1S/C67H54NO8P/c1-39(40-18-7-6-8-19-40)17-9-16-26-59(69)68-53-24-14-15-25-54(53)74-77-75-66-49(35-57(72-4)51-37-55(70-2)47-33-31-43-29-27-41-20-10-12-22-45(41)60(43)62(47)64(51)66)50-36-58(73-5)52-38-56(71-3)48-34-32-44-30-28-42-21-11-13-23-46(42)61(44)63(48)65(52)67(50)76-77/h6-8,10-15,18-25,27-39H,9,16-17,26H2,1-5H3,(H,68,69)/t39-/m0/s1. The summed E-state index contributed by atoms with van der Waals surface area (Å²) < 4.78 is 47.4. The van der Waals surface area contributed by atoms with Crippen LogP contribution in [0.25, 0.3) is 108 Å². The number of amides is 1. The monoisotopic (exact) mass is 1030 g/mol. The molecule has 0 saturated heterocycles. The third-order valence-corrected chi connectivity index (χ3v) is 16.5. The van der Waals surface area contributed by atoms with Crippen molar-refractivity contribution in [3.05, 3.63) is 181 Å². The molecule has 0 bridgehead atoms. The van der Waals surface area contributed by atoms with E-state index in [2.05, 4.69) is 134 Å². The molecule has 0 aliphatic rings. The van der Waals surface area contributed by atoms with Gasteiger partial charge in [-0.2, -0.15) is 0 Å². The number of carbonyl (C=O) groups is 1. The minimum Gasteiger partial charge on any atom is -0.496 e. The van der Waals surface area contributed by atoms with Gasteiger partial charge in [-0.15, -0.1) is 0 Å². The molecule has 1 amide bonds. The van der Waals surface area contributed by atoms with E-state index in [4.69, 9.17) is 31.9 Å². The smallest absolute Gasteiger partial charge is 0.453 e. The Labute approximate surface area is 445 Å². The van der Waals surface area contributed by atoms with Crippen molar-refractivity contribution in [2.24, 2.45) is 0 Å². The van der Waals surface area contributed by atoms with E-state index >= 15 is 0 Å². The van der Waals surface area contributed by atoms with Crippen LogP contribution in [-0.2, 0) is 4.79 Å². The Bertz CT molecular complexity index is 4340. The van der Waals surface area contributed by atoms with Crippen LogP contribution >= 0.6 is 8.24 Å². The SMILES string of the molecule is COc1cc2c3cc(OC)c4cc(OC)c5ccc6ccc7ccccc7c6c5c4c3op(Oc3ccccc3NC(=O)CCCC[C@H](C)c3ccccc3)oc2c2c1cc(OC)c1ccc3ccc4ccccc4c3c12. The summed E-state index contributed by atoms with van der Waals surface area (Å²) in [6.07, 6.45) is 3.01. The average molecular weight is 1030 g/mol. The van der Waals surface area contributed by atoms with Crippen LogP contribution < -0.4 is 28.8 Å². The summed E-state index contributed by atoms with van der Waals surface area (Å²) >= 11 is 0. The highest BCUT2D eigenvalue weighted by molar-refractivity contribution is 7.32. The van der Waals surface area contributed by atoms with E-state index < -0.39 is 8.24 Å². The van der Waals surface area contributed by atoms with Gasteiger partial charge in [-0.05, 0) is 116 Å². The maximum atomic E-state index is 13.9. The maximum absolute atomic E-state index is 13.9. The lowest BCUT2D eigenvalue weighted by molar-refractivity contribution is -0.116. The highest BCUT2D eigenvalue weighted by Crippen LogP contribution is 2.53. The Morgan fingerprint density at radius 3 is 1.44 bits per heavy atom. The first-order chi connectivity index (χ1) is 37.8. The van der Waals surface area contributed by atoms with Gasteiger partial charge in [0.25, 0.3) is 0 Å². The van der Waals surface area contributed by atoms with Crippen molar-refractivity contribution in [2.45, 2.75) is 38.5 Å². The number of para-hydroxylation sites is 2.